The summed E-state index contributed by atoms with van der Waals surface area (Å²) in [7, 11) is 0. The summed E-state index contributed by atoms with van der Waals surface area (Å²) < 4.78 is 39.6. The SMILES string of the molecule is FC(F)(F)c1cccnc1N1CCN(CCN2Cc3ccccc3C2)CC1. The van der Waals surface area contributed by atoms with Crippen molar-refractivity contribution in [2.75, 3.05) is 44.2 Å². The highest BCUT2D eigenvalue weighted by Crippen LogP contribution is 2.35. The number of rotatable bonds is 4. The molecular formula is C20H23F3N4. The van der Waals surface area contributed by atoms with Gasteiger partial charge in [0.05, 0.1) is 5.56 Å². The van der Waals surface area contributed by atoms with Crippen LogP contribution < -0.4 is 4.90 Å². The third-order valence-corrected chi connectivity index (χ3v) is 5.40. The zero-order valence-electron chi connectivity index (χ0n) is 15.1. The first-order valence-electron chi connectivity index (χ1n) is 9.29. The Bertz CT molecular complexity index is 760. The number of hydrogen-bond donors (Lipinski definition) is 0. The molecule has 1 aromatic heterocycles. The lowest BCUT2D eigenvalue weighted by molar-refractivity contribution is -0.137. The minimum atomic E-state index is -4.37. The lowest BCUT2D eigenvalue weighted by Crippen LogP contribution is -2.48. The van der Waals surface area contributed by atoms with E-state index in [1.165, 1.54) is 23.4 Å². The second kappa shape index (κ2) is 7.48. The number of alkyl halides is 3. The van der Waals surface area contributed by atoms with E-state index in [0.717, 1.165) is 45.3 Å². The molecule has 1 saturated heterocycles. The van der Waals surface area contributed by atoms with Crippen molar-refractivity contribution in [1.82, 2.24) is 14.8 Å². The first-order chi connectivity index (χ1) is 13.0. The normalized spacial score (nSPS) is 18.7. The molecular weight excluding hydrogens is 353 g/mol. The van der Waals surface area contributed by atoms with Gasteiger partial charge in [-0.3, -0.25) is 9.80 Å². The maximum atomic E-state index is 13.2. The molecule has 7 heteroatoms. The van der Waals surface area contributed by atoms with Crippen LogP contribution >= 0.6 is 0 Å². The third kappa shape index (κ3) is 4.09. The van der Waals surface area contributed by atoms with E-state index in [0.29, 0.717) is 13.1 Å². The molecule has 3 heterocycles. The lowest BCUT2D eigenvalue weighted by atomic mass is 10.1. The van der Waals surface area contributed by atoms with Crippen LogP contribution in [0.25, 0.3) is 0 Å². The van der Waals surface area contributed by atoms with Gasteiger partial charge in [-0.05, 0) is 23.3 Å². The van der Waals surface area contributed by atoms with E-state index in [9.17, 15) is 13.2 Å². The number of piperazine rings is 1. The van der Waals surface area contributed by atoms with Crippen LogP contribution in [0.1, 0.15) is 16.7 Å². The third-order valence-electron chi connectivity index (χ3n) is 5.40. The van der Waals surface area contributed by atoms with Gasteiger partial charge in [-0.1, -0.05) is 24.3 Å². The molecule has 144 valence electrons. The smallest absolute Gasteiger partial charge is 0.354 e. The van der Waals surface area contributed by atoms with Crippen molar-refractivity contribution >= 4 is 5.82 Å². The highest BCUT2D eigenvalue weighted by molar-refractivity contribution is 5.48. The van der Waals surface area contributed by atoms with Gasteiger partial charge in [0.25, 0.3) is 0 Å². The fourth-order valence-corrected chi connectivity index (χ4v) is 3.90. The number of halogens is 3. The van der Waals surface area contributed by atoms with Gasteiger partial charge in [0, 0.05) is 58.6 Å². The van der Waals surface area contributed by atoms with E-state index in [2.05, 4.69) is 39.0 Å². The quantitative estimate of drug-likeness (QED) is 0.817. The van der Waals surface area contributed by atoms with Gasteiger partial charge in [-0.2, -0.15) is 13.2 Å². The van der Waals surface area contributed by atoms with Crippen molar-refractivity contribution in [2.45, 2.75) is 19.3 Å². The van der Waals surface area contributed by atoms with Crippen molar-refractivity contribution in [1.29, 1.82) is 0 Å². The number of fused-ring (bicyclic) bond motifs is 1. The fraction of sp³-hybridized carbons (Fsp3) is 0.450. The summed E-state index contributed by atoms with van der Waals surface area (Å²) >= 11 is 0. The Morgan fingerprint density at radius 3 is 2.07 bits per heavy atom. The molecule has 0 spiro atoms. The van der Waals surface area contributed by atoms with Gasteiger partial charge in [0.1, 0.15) is 5.82 Å². The maximum absolute atomic E-state index is 13.2. The molecule has 2 aromatic rings. The Morgan fingerprint density at radius 1 is 0.815 bits per heavy atom. The van der Waals surface area contributed by atoms with Gasteiger partial charge in [0.2, 0.25) is 0 Å². The first kappa shape index (κ1) is 18.3. The predicted molar refractivity (Wildman–Crippen MR) is 98.4 cm³/mol. The molecule has 0 saturated carbocycles. The van der Waals surface area contributed by atoms with E-state index in [1.807, 2.05) is 0 Å². The van der Waals surface area contributed by atoms with Crippen LogP contribution in [0.5, 0.6) is 0 Å². The molecule has 0 amide bonds. The molecule has 0 unspecified atom stereocenters. The van der Waals surface area contributed by atoms with Gasteiger partial charge in [-0.25, -0.2) is 4.98 Å². The van der Waals surface area contributed by atoms with Crippen molar-refractivity contribution < 1.29 is 13.2 Å². The molecule has 2 aliphatic rings. The highest BCUT2D eigenvalue weighted by Gasteiger charge is 2.36. The number of benzene rings is 1. The Hall–Kier alpha value is -2.12. The van der Waals surface area contributed by atoms with Crippen molar-refractivity contribution in [3.8, 4) is 0 Å². The van der Waals surface area contributed by atoms with E-state index < -0.39 is 11.7 Å². The Labute approximate surface area is 157 Å². The van der Waals surface area contributed by atoms with Crippen molar-refractivity contribution in [2.24, 2.45) is 0 Å². The Kier molecular flexibility index (Phi) is 5.06. The second-order valence-corrected chi connectivity index (χ2v) is 7.18. The average molecular weight is 376 g/mol. The molecule has 1 fully saturated rings. The van der Waals surface area contributed by atoms with Crippen LogP contribution in [0.2, 0.25) is 0 Å². The van der Waals surface area contributed by atoms with E-state index in [4.69, 9.17) is 0 Å². The maximum Gasteiger partial charge on any atom is 0.419 e. The standard InChI is InChI=1S/C20H23F3N4/c21-20(22,23)18-6-3-7-24-19(18)27-12-10-25(11-13-27)8-9-26-14-16-4-1-2-5-17(16)15-26/h1-7H,8-15H2. The predicted octanol–water partition coefficient (Wildman–Crippen LogP) is 3.24. The molecule has 4 nitrogen and oxygen atoms in total. The number of nitrogens with zero attached hydrogens (tertiary/aromatic N) is 4. The molecule has 1 aromatic carbocycles. The topological polar surface area (TPSA) is 22.6 Å². The summed E-state index contributed by atoms with van der Waals surface area (Å²) in [6.45, 7) is 6.55. The second-order valence-electron chi connectivity index (χ2n) is 7.18. The Balaban J connectivity index is 1.29. The number of pyridine rings is 1. The molecule has 27 heavy (non-hydrogen) atoms. The van der Waals surface area contributed by atoms with Crippen molar-refractivity contribution in [3.63, 3.8) is 0 Å². The van der Waals surface area contributed by atoms with E-state index in [1.54, 1.807) is 4.90 Å². The van der Waals surface area contributed by atoms with Crippen LogP contribution in [0, 0.1) is 0 Å². The summed E-state index contributed by atoms with van der Waals surface area (Å²) in [5.41, 5.74) is 2.16. The zero-order valence-corrected chi connectivity index (χ0v) is 15.1. The zero-order chi connectivity index (χ0) is 18.9. The summed E-state index contributed by atoms with van der Waals surface area (Å²) in [6.07, 6.45) is -2.94. The fourth-order valence-electron chi connectivity index (χ4n) is 3.90. The average Bonchev–Trinajstić information content (AvgIpc) is 3.09. The molecule has 0 aliphatic carbocycles. The largest absolute Gasteiger partial charge is 0.419 e. The summed E-state index contributed by atoms with van der Waals surface area (Å²) in [5.74, 6) is 0.0552. The van der Waals surface area contributed by atoms with Crippen LogP contribution in [-0.2, 0) is 19.3 Å². The van der Waals surface area contributed by atoms with Crippen molar-refractivity contribution in [3.05, 3.63) is 59.3 Å². The molecule has 4 rings (SSSR count). The summed E-state index contributed by atoms with van der Waals surface area (Å²) in [6, 6.07) is 11.0. The summed E-state index contributed by atoms with van der Waals surface area (Å²) in [4.78, 5) is 10.5. The minimum Gasteiger partial charge on any atom is -0.354 e. The Morgan fingerprint density at radius 2 is 1.44 bits per heavy atom. The minimum absolute atomic E-state index is 0.0552. The summed E-state index contributed by atoms with van der Waals surface area (Å²) in [5, 5.41) is 0. The molecule has 0 N–H and O–H groups in total. The van der Waals surface area contributed by atoms with Gasteiger partial charge < -0.3 is 4.90 Å². The van der Waals surface area contributed by atoms with Crippen LogP contribution in [-0.4, -0.2) is 54.1 Å². The molecule has 0 radical (unpaired) electrons. The first-order valence-corrected chi connectivity index (χ1v) is 9.29. The molecule has 2 aliphatic heterocycles. The van der Waals surface area contributed by atoms with Gasteiger partial charge in [-0.15, -0.1) is 0 Å². The highest BCUT2D eigenvalue weighted by atomic mass is 19.4. The molecule has 0 bridgehead atoms. The van der Waals surface area contributed by atoms with Gasteiger partial charge >= 0.3 is 6.18 Å². The number of aromatic nitrogens is 1. The van der Waals surface area contributed by atoms with E-state index >= 15 is 0 Å². The van der Waals surface area contributed by atoms with Gasteiger partial charge in [0.15, 0.2) is 0 Å². The van der Waals surface area contributed by atoms with Crippen LogP contribution in [0.4, 0.5) is 19.0 Å². The number of anilines is 1. The molecule has 0 atom stereocenters. The lowest BCUT2D eigenvalue weighted by Gasteiger charge is -2.36. The van der Waals surface area contributed by atoms with E-state index in [-0.39, 0.29) is 5.82 Å². The monoisotopic (exact) mass is 376 g/mol. The number of hydrogen-bond acceptors (Lipinski definition) is 4. The van der Waals surface area contributed by atoms with Crippen LogP contribution in [0.3, 0.4) is 0 Å². The van der Waals surface area contributed by atoms with Crippen LogP contribution in [0.15, 0.2) is 42.6 Å².